The van der Waals surface area contributed by atoms with Crippen LogP contribution in [0.4, 0.5) is 0 Å². The molecular formula is C20H25NO5. The summed E-state index contributed by atoms with van der Waals surface area (Å²) in [5, 5.41) is 10.4. The minimum atomic E-state index is -0.568. The summed E-state index contributed by atoms with van der Waals surface area (Å²) >= 11 is 0. The van der Waals surface area contributed by atoms with E-state index in [0.29, 0.717) is 30.2 Å². The molecule has 6 heteroatoms. The van der Waals surface area contributed by atoms with E-state index in [1.807, 2.05) is 13.8 Å². The Morgan fingerprint density at radius 3 is 2.65 bits per heavy atom. The smallest absolute Gasteiger partial charge is 0.340 e. The van der Waals surface area contributed by atoms with Gasteiger partial charge < -0.3 is 19.5 Å². The van der Waals surface area contributed by atoms with E-state index >= 15 is 0 Å². The molecule has 0 unspecified atom stereocenters. The normalized spacial score (nSPS) is 15.8. The predicted octanol–water partition coefficient (Wildman–Crippen LogP) is 3.26. The minimum absolute atomic E-state index is 0.0662. The number of allylic oxidation sites excluding steroid dienone is 1. The maximum Gasteiger partial charge on any atom is 0.340 e. The van der Waals surface area contributed by atoms with Gasteiger partial charge in [0.05, 0.1) is 24.9 Å². The first kappa shape index (κ1) is 19.6. The number of para-hydroxylation sites is 1. The molecule has 1 aromatic rings. The Balaban J connectivity index is 2.52. The first-order chi connectivity index (χ1) is 12.5. The quantitative estimate of drug-likeness (QED) is 0.597. The fourth-order valence-electron chi connectivity index (χ4n) is 2.90. The molecule has 0 bridgehead atoms. The number of phenolic OH excluding ortho intramolecular Hbond substituents is 1. The van der Waals surface area contributed by atoms with Gasteiger partial charge in [-0.1, -0.05) is 25.5 Å². The van der Waals surface area contributed by atoms with Gasteiger partial charge in [0.1, 0.15) is 0 Å². The minimum Gasteiger partial charge on any atom is -0.504 e. The Morgan fingerprint density at radius 2 is 2.04 bits per heavy atom. The molecule has 0 aromatic heterocycles. The van der Waals surface area contributed by atoms with Gasteiger partial charge in [0.2, 0.25) is 0 Å². The Kier molecular flexibility index (Phi) is 6.44. The zero-order valence-electron chi connectivity index (χ0n) is 15.7. The van der Waals surface area contributed by atoms with Gasteiger partial charge in [-0.15, -0.1) is 0 Å². The third kappa shape index (κ3) is 3.74. The summed E-state index contributed by atoms with van der Waals surface area (Å²) in [5.74, 6) is -0.571. The van der Waals surface area contributed by atoms with E-state index < -0.39 is 5.97 Å². The molecule has 1 aromatic carbocycles. The number of unbranched alkanes of at least 4 members (excludes halogenated alkanes) is 1. The number of nitrogens with zero attached hydrogens (tertiary/aromatic N) is 1. The van der Waals surface area contributed by atoms with Crippen LogP contribution in [-0.2, 0) is 14.3 Å². The summed E-state index contributed by atoms with van der Waals surface area (Å²) in [7, 11) is 1.28. The van der Waals surface area contributed by atoms with Crippen LogP contribution in [0.5, 0.6) is 11.5 Å². The first-order valence-corrected chi connectivity index (χ1v) is 8.74. The van der Waals surface area contributed by atoms with E-state index in [1.165, 1.54) is 13.2 Å². The number of carbonyl (C=O) groups excluding carboxylic acids is 2. The van der Waals surface area contributed by atoms with Gasteiger partial charge in [0.15, 0.2) is 11.5 Å². The number of hydrogen-bond acceptors (Lipinski definition) is 5. The molecule has 6 nitrogen and oxygen atoms in total. The van der Waals surface area contributed by atoms with Crippen molar-refractivity contribution in [2.75, 3.05) is 20.3 Å². The molecule has 26 heavy (non-hydrogen) atoms. The van der Waals surface area contributed by atoms with Gasteiger partial charge >= 0.3 is 5.97 Å². The highest BCUT2D eigenvalue weighted by molar-refractivity contribution is 6.16. The van der Waals surface area contributed by atoms with Crippen LogP contribution >= 0.6 is 0 Å². The number of amides is 1. The third-order valence-corrected chi connectivity index (χ3v) is 4.27. The summed E-state index contributed by atoms with van der Waals surface area (Å²) in [6.07, 6.45) is 3.28. The molecule has 0 saturated carbocycles. The second kappa shape index (κ2) is 8.56. The number of esters is 1. The SMILES string of the molecule is CCCCN1C(=O)C(=Cc2cccc(OCC)c2O)C(C(=O)OC)=C1C. The number of ether oxygens (including phenoxy) is 2. The predicted molar refractivity (Wildman–Crippen MR) is 98.6 cm³/mol. The fourth-order valence-corrected chi connectivity index (χ4v) is 2.90. The van der Waals surface area contributed by atoms with Gasteiger partial charge in [-0.3, -0.25) is 4.79 Å². The third-order valence-electron chi connectivity index (χ3n) is 4.27. The number of phenols is 1. The molecule has 2 rings (SSSR count). The molecule has 0 fully saturated rings. The Hall–Kier alpha value is -2.76. The number of aromatic hydroxyl groups is 1. The molecule has 1 aliphatic heterocycles. The molecule has 1 heterocycles. The summed E-state index contributed by atoms with van der Waals surface area (Å²) in [6, 6.07) is 5.03. The molecule has 0 aliphatic carbocycles. The standard InChI is InChI=1S/C20H25NO5/c1-5-7-11-21-13(3)17(20(24)25-4)15(19(21)23)12-14-9-8-10-16(18(14)22)26-6-2/h8-10,12,22H,5-7,11H2,1-4H3. The van der Waals surface area contributed by atoms with E-state index in [2.05, 4.69) is 0 Å². The average molecular weight is 359 g/mol. The van der Waals surface area contributed by atoms with Crippen LogP contribution in [0, 0.1) is 0 Å². The van der Waals surface area contributed by atoms with E-state index in [0.717, 1.165) is 12.8 Å². The van der Waals surface area contributed by atoms with E-state index in [1.54, 1.807) is 30.0 Å². The number of rotatable bonds is 7. The lowest BCUT2D eigenvalue weighted by molar-refractivity contribution is -0.136. The highest BCUT2D eigenvalue weighted by Crippen LogP contribution is 2.36. The average Bonchev–Trinajstić information content (AvgIpc) is 2.86. The zero-order valence-corrected chi connectivity index (χ0v) is 15.7. The second-order valence-corrected chi connectivity index (χ2v) is 5.95. The van der Waals surface area contributed by atoms with Crippen LogP contribution in [0.25, 0.3) is 6.08 Å². The number of benzene rings is 1. The van der Waals surface area contributed by atoms with Crippen molar-refractivity contribution in [3.05, 3.63) is 40.6 Å². The molecule has 0 radical (unpaired) electrons. The molecule has 0 atom stereocenters. The topological polar surface area (TPSA) is 76.1 Å². The molecule has 140 valence electrons. The highest BCUT2D eigenvalue weighted by Gasteiger charge is 2.36. The van der Waals surface area contributed by atoms with Gasteiger partial charge in [-0.05, 0) is 32.4 Å². The largest absolute Gasteiger partial charge is 0.504 e. The number of hydrogen-bond donors (Lipinski definition) is 1. The summed E-state index contributed by atoms with van der Waals surface area (Å²) in [5.41, 5.74) is 1.43. The number of carbonyl (C=O) groups is 2. The molecule has 1 aliphatic rings. The monoisotopic (exact) mass is 359 g/mol. The second-order valence-electron chi connectivity index (χ2n) is 5.95. The lowest BCUT2D eigenvalue weighted by atomic mass is 10.0. The number of methoxy groups -OCH3 is 1. The molecule has 1 N–H and O–H groups in total. The Labute approximate surface area is 153 Å². The highest BCUT2D eigenvalue weighted by atomic mass is 16.5. The van der Waals surface area contributed by atoms with Crippen molar-refractivity contribution in [1.82, 2.24) is 4.90 Å². The van der Waals surface area contributed by atoms with Crippen molar-refractivity contribution in [1.29, 1.82) is 0 Å². The van der Waals surface area contributed by atoms with Crippen molar-refractivity contribution in [3.8, 4) is 11.5 Å². The van der Waals surface area contributed by atoms with Crippen LogP contribution in [0.2, 0.25) is 0 Å². The van der Waals surface area contributed by atoms with Gasteiger partial charge in [-0.25, -0.2) is 4.79 Å². The van der Waals surface area contributed by atoms with Crippen molar-refractivity contribution in [2.45, 2.75) is 33.6 Å². The van der Waals surface area contributed by atoms with Crippen LogP contribution in [-0.4, -0.2) is 42.1 Å². The molecule has 1 amide bonds. The van der Waals surface area contributed by atoms with Crippen LogP contribution in [0.3, 0.4) is 0 Å². The van der Waals surface area contributed by atoms with E-state index in [4.69, 9.17) is 9.47 Å². The molecular weight excluding hydrogens is 334 g/mol. The van der Waals surface area contributed by atoms with Gasteiger partial charge in [0, 0.05) is 17.8 Å². The lowest BCUT2D eigenvalue weighted by Gasteiger charge is -2.17. The maximum atomic E-state index is 12.9. The van der Waals surface area contributed by atoms with Gasteiger partial charge in [-0.2, -0.15) is 0 Å². The van der Waals surface area contributed by atoms with Crippen LogP contribution in [0.15, 0.2) is 35.0 Å². The molecule has 0 saturated heterocycles. The summed E-state index contributed by atoms with van der Waals surface area (Å²) in [6.45, 7) is 6.53. The summed E-state index contributed by atoms with van der Waals surface area (Å²) < 4.78 is 10.2. The van der Waals surface area contributed by atoms with Crippen molar-refractivity contribution in [3.63, 3.8) is 0 Å². The van der Waals surface area contributed by atoms with Crippen molar-refractivity contribution >= 4 is 18.0 Å². The van der Waals surface area contributed by atoms with Crippen molar-refractivity contribution in [2.24, 2.45) is 0 Å². The summed E-state index contributed by atoms with van der Waals surface area (Å²) in [4.78, 5) is 26.7. The zero-order chi connectivity index (χ0) is 19.3. The van der Waals surface area contributed by atoms with Gasteiger partial charge in [0.25, 0.3) is 5.91 Å². The fraction of sp³-hybridized carbons (Fsp3) is 0.400. The maximum absolute atomic E-state index is 12.9. The Morgan fingerprint density at radius 1 is 1.31 bits per heavy atom. The van der Waals surface area contributed by atoms with Crippen LogP contribution < -0.4 is 4.74 Å². The van der Waals surface area contributed by atoms with E-state index in [-0.39, 0.29) is 22.8 Å². The van der Waals surface area contributed by atoms with E-state index in [9.17, 15) is 14.7 Å². The first-order valence-electron chi connectivity index (χ1n) is 8.74. The van der Waals surface area contributed by atoms with Crippen LogP contribution in [0.1, 0.15) is 39.2 Å². The molecule has 0 spiro atoms. The van der Waals surface area contributed by atoms with Crippen molar-refractivity contribution < 1.29 is 24.2 Å². The Bertz CT molecular complexity index is 763. The lowest BCUT2D eigenvalue weighted by Crippen LogP contribution is -2.26.